The van der Waals surface area contributed by atoms with Crippen molar-refractivity contribution in [2.75, 3.05) is 20.2 Å². The second-order valence-corrected chi connectivity index (χ2v) is 10.1. The molecule has 1 aromatic carbocycles. The molecule has 4 aromatic rings. The van der Waals surface area contributed by atoms with Gasteiger partial charge in [-0.3, -0.25) is 0 Å². The number of hydrogen-bond acceptors (Lipinski definition) is 6. The van der Waals surface area contributed by atoms with E-state index in [-0.39, 0.29) is 11.0 Å². The van der Waals surface area contributed by atoms with E-state index in [2.05, 4.69) is 15.1 Å². The van der Waals surface area contributed by atoms with Crippen LogP contribution in [0, 0.1) is 0 Å². The molecule has 0 bridgehead atoms. The van der Waals surface area contributed by atoms with Crippen molar-refractivity contribution >= 4 is 32.9 Å². The van der Waals surface area contributed by atoms with Gasteiger partial charge in [-0.05, 0) is 54.7 Å². The average Bonchev–Trinajstić information content (AvgIpc) is 3.48. The van der Waals surface area contributed by atoms with Gasteiger partial charge in [-0.25, -0.2) is 17.9 Å². The van der Waals surface area contributed by atoms with Crippen LogP contribution in [0.5, 0.6) is 0 Å². The predicted octanol–water partition coefficient (Wildman–Crippen LogP) is 2.81. The first kappa shape index (κ1) is 21.7. The van der Waals surface area contributed by atoms with E-state index in [0.717, 1.165) is 28.4 Å². The van der Waals surface area contributed by atoms with Gasteiger partial charge in [0, 0.05) is 38.4 Å². The molecule has 0 aliphatic carbocycles. The standard InChI is InChI=1S/C23H25N5O4S/c1-32-18-7-9-27(10-8-18)33(30,31)21-5-4-19-23(25-15-24-19)22(21)16-6-11-28-20(13-16)17(14-26-28)3-2-12-29/h4-6,11-15,18H,2-3,7-10H2,1H3,(H,24,25). The van der Waals surface area contributed by atoms with Crippen LogP contribution in [0.15, 0.2) is 47.9 Å². The molecule has 33 heavy (non-hydrogen) atoms. The molecule has 0 radical (unpaired) electrons. The highest BCUT2D eigenvalue weighted by atomic mass is 32.2. The lowest BCUT2D eigenvalue weighted by atomic mass is 10.0. The molecular weight excluding hydrogens is 442 g/mol. The summed E-state index contributed by atoms with van der Waals surface area (Å²) < 4.78 is 36.2. The van der Waals surface area contributed by atoms with E-state index < -0.39 is 10.0 Å². The summed E-state index contributed by atoms with van der Waals surface area (Å²) in [5.74, 6) is 0. The number of fused-ring (bicyclic) bond motifs is 2. The second-order valence-electron chi connectivity index (χ2n) is 8.20. The van der Waals surface area contributed by atoms with Crippen LogP contribution in [0.1, 0.15) is 24.8 Å². The number of H-pyrrole nitrogens is 1. The number of aldehydes is 1. The number of sulfonamides is 1. The number of nitrogens with zero attached hydrogens (tertiary/aromatic N) is 4. The maximum atomic E-state index is 13.8. The van der Waals surface area contributed by atoms with Gasteiger partial charge in [-0.15, -0.1) is 0 Å². The molecular formula is C23H25N5O4S. The Kier molecular flexibility index (Phi) is 5.73. The molecule has 0 atom stereocenters. The smallest absolute Gasteiger partial charge is 0.243 e. The largest absolute Gasteiger partial charge is 0.381 e. The number of carbonyl (C=O) groups excluding carboxylic acids is 1. The van der Waals surface area contributed by atoms with E-state index in [0.29, 0.717) is 49.9 Å². The Balaban J connectivity index is 1.65. The van der Waals surface area contributed by atoms with Crippen LogP contribution in [-0.4, -0.2) is 64.9 Å². The summed E-state index contributed by atoms with van der Waals surface area (Å²) in [6.07, 6.45) is 8.39. The number of hydrogen-bond donors (Lipinski definition) is 1. The first-order chi connectivity index (χ1) is 16.0. The number of piperidine rings is 1. The Labute approximate surface area is 191 Å². The van der Waals surface area contributed by atoms with E-state index >= 15 is 0 Å². The number of benzene rings is 1. The highest BCUT2D eigenvalue weighted by molar-refractivity contribution is 7.89. The number of carbonyl (C=O) groups is 1. The third kappa shape index (κ3) is 3.84. The van der Waals surface area contributed by atoms with Crippen molar-refractivity contribution in [1.29, 1.82) is 0 Å². The fourth-order valence-corrected chi connectivity index (χ4v) is 6.21. The third-order valence-electron chi connectivity index (χ3n) is 6.33. The van der Waals surface area contributed by atoms with Crippen LogP contribution in [0.2, 0.25) is 0 Å². The van der Waals surface area contributed by atoms with Crippen molar-refractivity contribution in [2.24, 2.45) is 0 Å². The number of nitrogens with one attached hydrogen (secondary N) is 1. The summed E-state index contributed by atoms with van der Waals surface area (Å²) in [6, 6.07) is 7.19. The van der Waals surface area contributed by atoms with E-state index in [1.54, 1.807) is 42.5 Å². The molecule has 0 unspecified atom stereocenters. The van der Waals surface area contributed by atoms with Crippen LogP contribution in [-0.2, 0) is 26.0 Å². The molecule has 1 N–H and O–H groups in total. The molecule has 0 amide bonds. The van der Waals surface area contributed by atoms with Crippen molar-refractivity contribution in [3.8, 4) is 11.1 Å². The molecule has 3 aromatic heterocycles. The lowest BCUT2D eigenvalue weighted by Crippen LogP contribution is -2.40. The number of rotatable bonds is 7. The minimum absolute atomic E-state index is 0.0822. The normalized spacial score (nSPS) is 16.0. The van der Waals surface area contributed by atoms with Gasteiger partial charge < -0.3 is 14.5 Å². The van der Waals surface area contributed by atoms with Crippen LogP contribution in [0.4, 0.5) is 0 Å². The SMILES string of the molecule is COC1CCN(S(=O)(=O)c2ccc3[nH]cnc3c2-c2ccn3ncc(CCC=O)c3c2)CC1. The fourth-order valence-electron chi connectivity index (χ4n) is 4.52. The van der Waals surface area contributed by atoms with E-state index in [1.165, 1.54) is 4.31 Å². The maximum absolute atomic E-state index is 13.8. The molecule has 4 heterocycles. The summed E-state index contributed by atoms with van der Waals surface area (Å²) in [5, 5.41) is 4.36. The summed E-state index contributed by atoms with van der Waals surface area (Å²) in [5.41, 5.74) is 4.43. The van der Waals surface area contributed by atoms with Gasteiger partial charge in [0.15, 0.2) is 0 Å². The van der Waals surface area contributed by atoms with Crippen molar-refractivity contribution < 1.29 is 17.9 Å². The number of imidazole rings is 1. The van der Waals surface area contributed by atoms with E-state index in [4.69, 9.17) is 4.74 Å². The van der Waals surface area contributed by atoms with E-state index in [9.17, 15) is 13.2 Å². The molecule has 1 fully saturated rings. The summed E-state index contributed by atoms with van der Waals surface area (Å²) in [6.45, 7) is 0.826. The molecule has 0 saturated carbocycles. The van der Waals surface area contributed by atoms with Gasteiger partial charge in [0.05, 0.1) is 40.1 Å². The maximum Gasteiger partial charge on any atom is 0.243 e. The van der Waals surface area contributed by atoms with Crippen LogP contribution in [0.25, 0.3) is 27.7 Å². The Bertz CT molecular complexity index is 1420. The van der Waals surface area contributed by atoms with Gasteiger partial charge in [-0.2, -0.15) is 9.40 Å². The average molecular weight is 468 g/mol. The van der Waals surface area contributed by atoms with Crippen LogP contribution < -0.4 is 0 Å². The van der Waals surface area contributed by atoms with Crippen LogP contribution >= 0.6 is 0 Å². The minimum Gasteiger partial charge on any atom is -0.381 e. The number of aryl methyl sites for hydroxylation is 1. The van der Waals surface area contributed by atoms with E-state index in [1.807, 2.05) is 12.1 Å². The molecule has 1 aliphatic rings. The first-order valence-corrected chi connectivity index (χ1v) is 12.4. The molecule has 172 valence electrons. The number of methoxy groups -OCH3 is 1. The summed E-state index contributed by atoms with van der Waals surface area (Å²) >= 11 is 0. The second kappa shape index (κ2) is 8.69. The minimum atomic E-state index is -3.75. The quantitative estimate of drug-likeness (QED) is 0.419. The number of aromatic amines is 1. The number of ether oxygens (including phenoxy) is 1. The molecule has 10 heteroatoms. The lowest BCUT2D eigenvalue weighted by molar-refractivity contribution is -0.107. The van der Waals surface area contributed by atoms with Gasteiger partial charge in [0.1, 0.15) is 6.29 Å². The van der Waals surface area contributed by atoms with Gasteiger partial charge >= 0.3 is 0 Å². The van der Waals surface area contributed by atoms with Crippen molar-refractivity contribution in [3.05, 3.63) is 48.5 Å². The predicted molar refractivity (Wildman–Crippen MR) is 123 cm³/mol. The van der Waals surface area contributed by atoms with Gasteiger partial charge in [-0.1, -0.05) is 0 Å². The lowest BCUT2D eigenvalue weighted by Gasteiger charge is -2.31. The molecule has 9 nitrogen and oxygen atoms in total. The monoisotopic (exact) mass is 467 g/mol. The molecule has 1 aliphatic heterocycles. The topological polar surface area (TPSA) is 110 Å². The number of pyridine rings is 1. The Morgan fingerprint density at radius 3 is 2.82 bits per heavy atom. The van der Waals surface area contributed by atoms with Crippen molar-refractivity contribution in [3.63, 3.8) is 0 Å². The Hall–Kier alpha value is -3.08. The zero-order valence-electron chi connectivity index (χ0n) is 18.3. The number of aromatic nitrogens is 4. The first-order valence-electron chi connectivity index (χ1n) is 10.9. The fraction of sp³-hybridized carbons (Fsp3) is 0.348. The van der Waals surface area contributed by atoms with Gasteiger partial charge in [0.2, 0.25) is 10.0 Å². The highest BCUT2D eigenvalue weighted by Gasteiger charge is 2.32. The third-order valence-corrected chi connectivity index (χ3v) is 8.27. The molecule has 1 saturated heterocycles. The zero-order chi connectivity index (χ0) is 23.0. The summed E-state index contributed by atoms with van der Waals surface area (Å²) in [7, 11) is -2.09. The highest BCUT2D eigenvalue weighted by Crippen LogP contribution is 2.36. The van der Waals surface area contributed by atoms with Gasteiger partial charge in [0.25, 0.3) is 0 Å². The van der Waals surface area contributed by atoms with Crippen molar-refractivity contribution in [2.45, 2.75) is 36.7 Å². The van der Waals surface area contributed by atoms with Crippen molar-refractivity contribution in [1.82, 2.24) is 23.9 Å². The molecule has 5 rings (SSSR count). The Morgan fingerprint density at radius 2 is 2.06 bits per heavy atom. The summed E-state index contributed by atoms with van der Waals surface area (Å²) in [4.78, 5) is 18.6. The van der Waals surface area contributed by atoms with Crippen LogP contribution in [0.3, 0.4) is 0 Å². The molecule has 0 spiro atoms. The zero-order valence-corrected chi connectivity index (χ0v) is 19.1. The Morgan fingerprint density at radius 1 is 1.24 bits per heavy atom.